The lowest BCUT2D eigenvalue weighted by Gasteiger charge is -2.48. The van der Waals surface area contributed by atoms with E-state index in [2.05, 4.69) is 4.90 Å². The zero-order valence-electron chi connectivity index (χ0n) is 12.7. The largest absolute Gasteiger partial charge is 0.478 e. The summed E-state index contributed by atoms with van der Waals surface area (Å²) in [5, 5.41) is 9.37. The minimum atomic E-state index is -2.84. The molecule has 0 atom stereocenters. The number of hydrogen-bond acceptors (Lipinski definition) is 5. The highest BCUT2D eigenvalue weighted by atomic mass is 32.3. The Labute approximate surface area is 131 Å². The van der Waals surface area contributed by atoms with E-state index in [1.165, 1.54) is 0 Å². The van der Waals surface area contributed by atoms with Crippen LogP contribution in [0.1, 0.15) is 35.7 Å². The summed E-state index contributed by atoms with van der Waals surface area (Å²) in [5.74, 6) is -0.628. The summed E-state index contributed by atoms with van der Waals surface area (Å²) in [5.41, 5.74) is 2.84. The maximum Gasteiger partial charge on any atom is 0.335 e. The van der Waals surface area contributed by atoms with Crippen molar-refractivity contribution in [3.8, 4) is 0 Å². The van der Waals surface area contributed by atoms with Crippen molar-refractivity contribution in [2.45, 2.75) is 26.2 Å². The number of anilines is 2. The number of carboxylic acids is 1. The fourth-order valence-corrected chi connectivity index (χ4v) is 5.02. The first-order chi connectivity index (χ1) is 10.4. The smallest absolute Gasteiger partial charge is 0.335 e. The Balaban J connectivity index is 2.12. The van der Waals surface area contributed by atoms with Crippen LogP contribution in [0.25, 0.3) is 0 Å². The van der Waals surface area contributed by atoms with Crippen molar-refractivity contribution in [1.82, 2.24) is 0 Å². The van der Waals surface area contributed by atoms with Gasteiger partial charge in [0.25, 0.3) is 0 Å². The summed E-state index contributed by atoms with van der Waals surface area (Å²) in [6.07, 6.45) is 2.49. The predicted octanol–water partition coefficient (Wildman–Crippen LogP) is 3.03. The third-order valence-corrected chi connectivity index (χ3v) is 6.38. The summed E-state index contributed by atoms with van der Waals surface area (Å²) in [4.78, 5) is 13.6. The van der Waals surface area contributed by atoms with Gasteiger partial charge in [-0.3, -0.25) is 13.4 Å². The van der Waals surface area contributed by atoms with Gasteiger partial charge in [-0.25, -0.2) is 4.79 Å². The molecule has 0 amide bonds. The van der Waals surface area contributed by atoms with Gasteiger partial charge in [-0.05, 0) is 38.3 Å². The van der Waals surface area contributed by atoms with Crippen molar-refractivity contribution < 1.29 is 19.0 Å². The molecule has 1 aromatic carbocycles. The van der Waals surface area contributed by atoms with Crippen molar-refractivity contribution >= 4 is 28.1 Å². The van der Waals surface area contributed by atoms with Gasteiger partial charge in [-0.1, -0.05) is 0 Å². The van der Waals surface area contributed by atoms with E-state index in [4.69, 9.17) is 0 Å². The van der Waals surface area contributed by atoms with Gasteiger partial charge in [0.05, 0.1) is 17.0 Å². The van der Waals surface area contributed by atoms with E-state index in [-0.39, 0.29) is 5.56 Å². The van der Waals surface area contributed by atoms with E-state index in [1.54, 1.807) is 16.4 Å². The van der Waals surface area contributed by atoms with E-state index in [1.807, 2.05) is 6.92 Å². The standard InChI is InChI=1S/C15H22N2O4S/c1-2-16-7-5-12-13(16)9-11(15(18)19)10-14(12)17-6-3-4-8-22(17,20)21/h9-10,20-21H,2-8H2,1H3,(H,18,19). The van der Waals surface area contributed by atoms with Crippen LogP contribution in [-0.4, -0.2) is 45.6 Å². The van der Waals surface area contributed by atoms with Crippen molar-refractivity contribution in [2.24, 2.45) is 0 Å². The van der Waals surface area contributed by atoms with E-state index in [0.717, 1.165) is 43.6 Å². The maximum atomic E-state index is 11.4. The lowest BCUT2D eigenvalue weighted by Crippen LogP contribution is -2.35. The topological polar surface area (TPSA) is 84.2 Å². The van der Waals surface area contributed by atoms with Crippen LogP contribution in [0.5, 0.6) is 0 Å². The summed E-state index contributed by atoms with van der Waals surface area (Å²) in [7, 11) is -2.84. The van der Waals surface area contributed by atoms with Gasteiger partial charge >= 0.3 is 5.97 Å². The van der Waals surface area contributed by atoms with Crippen molar-refractivity contribution in [3.05, 3.63) is 23.3 Å². The molecular weight excluding hydrogens is 304 g/mol. The van der Waals surface area contributed by atoms with Crippen LogP contribution in [0, 0.1) is 0 Å². The predicted molar refractivity (Wildman–Crippen MR) is 89.3 cm³/mol. The highest BCUT2D eigenvalue weighted by molar-refractivity contribution is 8.25. The first kappa shape index (κ1) is 15.5. The molecule has 1 aromatic rings. The highest BCUT2D eigenvalue weighted by Crippen LogP contribution is 2.52. The second-order valence-corrected chi connectivity index (χ2v) is 7.89. The first-order valence-electron chi connectivity index (χ1n) is 7.63. The Kier molecular flexibility index (Phi) is 3.96. The Morgan fingerprint density at radius 3 is 2.59 bits per heavy atom. The average molecular weight is 326 g/mol. The minimum Gasteiger partial charge on any atom is -0.478 e. The van der Waals surface area contributed by atoms with E-state index >= 15 is 0 Å². The normalized spacial score (nSPS) is 21.6. The molecule has 7 heteroatoms. The van der Waals surface area contributed by atoms with E-state index in [9.17, 15) is 19.0 Å². The van der Waals surface area contributed by atoms with Gasteiger partial charge in [0.2, 0.25) is 0 Å². The molecular formula is C15H22N2O4S. The molecule has 2 heterocycles. The second kappa shape index (κ2) is 5.64. The lowest BCUT2D eigenvalue weighted by atomic mass is 10.1. The van der Waals surface area contributed by atoms with Gasteiger partial charge in [0.1, 0.15) is 0 Å². The molecule has 0 spiro atoms. The van der Waals surface area contributed by atoms with Crippen LogP contribution in [0.2, 0.25) is 0 Å². The van der Waals surface area contributed by atoms with E-state index in [0.29, 0.717) is 18.0 Å². The molecule has 6 nitrogen and oxygen atoms in total. The number of nitrogens with zero attached hydrogens (tertiary/aromatic N) is 2. The molecule has 0 saturated carbocycles. The SMILES string of the molecule is CCN1CCc2c1cc(C(=O)O)cc2N1CCCCS1(O)O. The number of carboxylic acid groups (broad SMARTS) is 1. The quantitative estimate of drug-likeness (QED) is 0.792. The van der Waals surface area contributed by atoms with Gasteiger partial charge in [-0.15, -0.1) is 10.8 Å². The molecule has 3 rings (SSSR count). The zero-order chi connectivity index (χ0) is 15.9. The molecule has 1 fully saturated rings. The molecule has 0 unspecified atom stereocenters. The van der Waals surface area contributed by atoms with Crippen LogP contribution >= 0.6 is 10.8 Å². The lowest BCUT2D eigenvalue weighted by molar-refractivity contribution is 0.0697. The minimum absolute atomic E-state index is 0.204. The maximum absolute atomic E-state index is 11.4. The average Bonchev–Trinajstić information content (AvgIpc) is 2.89. The Morgan fingerprint density at radius 2 is 1.95 bits per heavy atom. The molecule has 0 aromatic heterocycles. The molecule has 3 N–H and O–H groups in total. The fourth-order valence-electron chi connectivity index (χ4n) is 3.31. The van der Waals surface area contributed by atoms with Crippen LogP contribution < -0.4 is 9.21 Å². The second-order valence-electron chi connectivity index (χ2n) is 5.77. The molecule has 0 aliphatic carbocycles. The van der Waals surface area contributed by atoms with Crippen molar-refractivity contribution in [2.75, 3.05) is 34.6 Å². The molecule has 1 saturated heterocycles. The van der Waals surface area contributed by atoms with E-state index < -0.39 is 16.7 Å². The number of aromatic carboxylic acids is 1. The van der Waals surface area contributed by atoms with Crippen LogP contribution in [0.3, 0.4) is 0 Å². The molecule has 0 bridgehead atoms. The molecule has 0 radical (unpaired) electrons. The summed E-state index contributed by atoms with van der Waals surface area (Å²) < 4.78 is 22.4. The highest BCUT2D eigenvalue weighted by Gasteiger charge is 2.32. The van der Waals surface area contributed by atoms with Crippen molar-refractivity contribution in [1.29, 1.82) is 0 Å². The monoisotopic (exact) mass is 326 g/mol. The van der Waals surface area contributed by atoms with Crippen LogP contribution in [-0.2, 0) is 6.42 Å². The third kappa shape index (κ3) is 2.53. The summed E-state index contributed by atoms with van der Waals surface area (Å²) >= 11 is 0. The van der Waals surface area contributed by atoms with Gasteiger partial charge in [-0.2, -0.15) is 0 Å². The van der Waals surface area contributed by atoms with Gasteiger partial charge in [0, 0.05) is 30.9 Å². The molecule has 2 aliphatic rings. The van der Waals surface area contributed by atoms with Crippen molar-refractivity contribution in [3.63, 3.8) is 0 Å². The molecule has 22 heavy (non-hydrogen) atoms. The number of hydrogen-bond donors (Lipinski definition) is 3. The molecule has 122 valence electrons. The number of rotatable bonds is 3. The fraction of sp³-hybridized carbons (Fsp3) is 0.533. The Morgan fingerprint density at radius 1 is 1.23 bits per heavy atom. The summed E-state index contributed by atoms with van der Waals surface area (Å²) in [6.45, 7) is 4.25. The van der Waals surface area contributed by atoms with Crippen LogP contribution in [0.15, 0.2) is 12.1 Å². The Bertz CT molecular complexity index is 605. The zero-order valence-corrected chi connectivity index (χ0v) is 13.5. The number of benzene rings is 1. The summed E-state index contributed by atoms with van der Waals surface area (Å²) in [6, 6.07) is 3.30. The first-order valence-corrected chi connectivity index (χ1v) is 9.30. The number of fused-ring (bicyclic) bond motifs is 1. The molecule has 2 aliphatic heterocycles. The number of likely N-dealkylation sites (N-methyl/N-ethyl adjacent to an activating group) is 1. The van der Waals surface area contributed by atoms with Gasteiger partial charge in [0.15, 0.2) is 0 Å². The third-order valence-electron chi connectivity index (χ3n) is 4.45. The van der Waals surface area contributed by atoms with Crippen LogP contribution in [0.4, 0.5) is 11.4 Å². The number of carbonyl (C=O) groups is 1. The Hall–Kier alpha value is -1.44. The van der Waals surface area contributed by atoms with Gasteiger partial charge < -0.3 is 10.0 Å².